The maximum absolute atomic E-state index is 13.1. The van der Waals surface area contributed by atoms with Crippen molar-refractivity contribution in [1.82, 2.24) is 0 Å². The molecule has 0 amide bonds. The zero-order chi connectivity index (χ0) is 13.1. The SMILES string of the molecule is CN(Cc1csc(Br)c1)c1ccc(F)cc1CCl. The third kappa shape index (κ3) is 3.25. The molecule has 2 rings (SSSR count). The van der Waals surface area contributed by atoms with E-state index < -0.39 is 0 Å². The highest BCUT2D eigenvalue weighted by Crippen LogP contribution is 2.26. The molecule has 0 saturated carbocycles. The predicted molar refractivity (Wildman–Crippen MR) is 80.1 cm³/mol. The quantitative estimate of drug-likeness (QED) is 0.701. The molecule has 0 N–H and O–H groups in total. The van der Waals surface area contributed by atoms with Gasteiger partial charge in [0.05, 0.1) is 3.79 Å². The Bertz CT molecular complexity index is 544. The minimum absolute atomic E-state index is 0.249. The van der Waals surface area contributed by atoms with Crippen molar-refractivity contribution in [3.63, 3.8) is 0 Å². The lowest BCUT2D eigenvalue weighted by atomic mass is 10.1. The first kappa shape index (κ1) is 13.8. The minimum atomic E-state index is -0.249. The Hall–Kier alpha value is -0.580. The van der Waals surface area contributed by atoms with Crippen LogP contribution in [0.3, 0.4) is 0 Å². The van der Waals surface area contributed by atoms with Crippen LogP contribution in [-0.2, 0) is 12.4 Å². The molecular formula is C13H12BrClFNS. The van der Waals surface area contributed by atoms with Crippen LogP contribution in [0.15, 0.2) is 33.4 Å². The molecule has 0 fully saturated rings. The molecule has 1 aromatic carbocycles. The Morgan fingerprint density at radius 2 is 2.17 bits per heavy atom. The van der Waals surface area contributed by atoms with Gasteiger partial charge in [-0.1, -0.05) is 0 Å². The van der Waals surface area contributed by atoms with Gasteiger partial charge in [-0.25, -0.2) is 4.39 Å². The number of thiophene rings is 1. The van der Waals surface area contributed by atoms with Gasteiger partial charge in [-0.2, -0.15) is 0 Å². The van der Waals surface area contributed by atoms with Crippen LogP contribution >= 0.6 is 38.9 Å². The van der Waals surface area contributed by atoms with Crippen molar-refractivity contribution in [2.45, 2.75) is 12.4 Å². The highest BCUT2D eigenvalue weighted by molar-refractivity contribution is 9.11. The molecule has 2 aromatic rings. The van der Waals surface area contributed by atoms with Gasteiger partial charge in [0.25, 0.3) is 0 Å². The Kier molecular flexibility index (Phi) is 4.65. The van der Waals surface area contributed by atoms with Crippen molar-refractivity contribution in [3.05, 3.63) is 50.4 Å². The van der Waals surface area contributed by atoms with Crippen LogP contribution in [-0.4, -0.2) is 7.05 Å². The van der Waals surface area contributed by atoms with E-state index in [1.54, 1.807) is 17.4 Å². The van der Waals surface area contributed by atoms with Gasteiger partial charge >= 0.3 is 0 Å². The molecule has 0 spiro atoms. The summed E-state index contributed by atoms with van der Waals surface area (Å²) in [5.41, 5.74) is 3.00. The number of nitrogens with zero attached hydrogens (tertiary/aromatic N) is 1. The summed E-state index contributed by atoms with van der Waals surface area (Å²) < 4.78 is 14.3. The molecule has 1 nitrogen and oxygen atoms in total. The number of alkyl halides is 1. The first-order chi connectivity index (χ1) is 8.60. The van der Waals surface area contributed by atoms with E-state index in [-0.39, 0.29) is 5.82 Å². The fourth-order valence-electron chi connectivity index (χ4n) is 1.82. The normalized spacial score (nSPS) is 10.7. The van der Waals surface area contributed by atoms with E-state index in [0.29, 0.717) is 5.88 Å². The van der Waals surface area contributed by atoms with Gasteiger partial charge in [-0.15, -0.1) is 22.9 Å². The average molecular weight is 349 g/mol. The van der Waals surface area contributed by atoms with Crippen LogP contribution in [0, 0.1) is 5.82 Å². The van der Waals surface area contributed by atoms with Crippen molar-refractivity contribution in [2.75, 3.05) is 11.9 Å². The maximum Gasteiger partial charge on any atom is 0.123 e. The zero-order valence-corrected chi connectivity index (χ0v) is 12.9. The monoisotopic (exact) mass is 347 g/mol. The molecule has 18 heavy (non-hydrogen) atoms. The molecule has 1 aromatic heterocycles. The summed E-state index contributed by atoms with van der Waals surface area (Å²) in [4.78, 5) is 2.08. The molecule has 0 atom stereocenters. The lowest BCUT2D eigenvalue weighted by molar-refractivity contribution is 0.626. The third-order valence-electron chi connectivity index (χ3n) is 2.64. The van der Waals surface area contributed by atoms with Crippen LogP contribution in [0.1, 0.15) is 11.1 Å². The highest BCUT2D eigenvalue weighted by atomic mass is 79.9. The molecular weight excluding hydrogens is 337 g/mol. The van der Waals surface area contributed by atoms with Crippen molar-refractivity contribution >= 4 is 44.6 Å². The molecule has 0 aliphatic carbocycles. The Balaban J connectivity index is 2.20. The van der Waals surface area contributed by atoms with E-state index in [9.17, 15) is 4.39 Å². The summed E-state index contributed by atoms with van der Waals surface area (Å²) in [6, 6.07) is 6.81. The first-order valence-corrected chi connectivity index (χ1v) is 7.59. The topological polar surface area (TPSA) is 3.24 Å². The summed E-state index contributed by atoms with van der Waals surface area (Å²) in [5, 5.41) is 2.10. The van der Waals surface area contributed by atoms with Crippen LogP contribution in [0.5, 0.6) is 0 Å². The van der Waals surface area contributed by atoms with E-state index in [2.05, 4.69) is 32.3 Å². The number of benzene rings is 1. The highest BCUT2D eigenvalue weighted by Gasteiger charge is 2.09. The number of anilines is 1. The predicted octanol–water partition coefficient (Wildman–Crippen LogP) is 5.02. The third-order valence-corrected chi connectivity index (χ3v) is 4.48. The number of hydrogen-bond donors (Lipinski definition) is 0. The van der Waals surface area contributed by atoms with Gasteiger partial charge in [0.2, 0.25) is 0 Å². The van der Waals surface area contributed by atoms with E-state index >= 15 is 0 Å². The Labute approximate surface area is 123 Å². The lowest BCUT2D eigenvalue weighted by Gasteiger charge is -2.21. The van der Waals surface area contributed by atoms with E-state index in [0.717, 1.165) is 21.6 Å². The summed E-state index contributed by atoms with van der Waals surface area (Å²) in [6.45, 7) is 0.775. The summed E-state index contributed by atoms with van der Waals surface area (Å²) in [6.07, 6.45) is 0. The van der Waals surface area contributed by atoms with E-state index in [4.69, 9.17) is 11.6 Å². The summed E-state index contributed by atoms with van der Waals surface area (Å²) in [5.74, 6) is 0.0613. The Morgan fingerprint density at radius 3 is 2.78 bits per heavy atom. The molecule has 0 saturated heterocycles. The molecule has 96 valence electrons. The van der Waals surface area contributed by atoms with Crippen LogP contribution in [0.2, 0.25) is 0 Å². The number of halogens is 3. The van der Waals surface area contributed by atoms with Gasteiger partial charge < -0.3 is 4.90 Å². The number of hydrogen-bond acceptors (Lipinski definition) is 2. The molecule has 0 bridgehead atoms. The van der Waals surface area contributed by atoms with Gasteiger partial charge in [0, 0.05) is 25.2 Å². The van der Waals surface area contributed by atoms with Gasteiger partial charge in [0.15, 0.2) is 0 Å². The second kappa shape index (κ2) is 6.04. The fraction of sp³-hybridized carbons (Fsp3) is 0.231. The minimum Gasteiger partial charge on any atom is -0.370 e. The average Bonchev–Trinajstić information content (AvgIpc) is 2.74. The molecule has 0 aliphatic rings. The van der Waals surface area contributed by atoms with E-state index in [1.165, 1.54) is 17.7 Å². The maximum atomic E-state index is 13.1. The fourth-order valence-corrected chi connectivity index (χ4v) is 3.24. The van der Waals surface area contributed by atoms with Crippen molar-refractivity contribution < 1.29 is 4.39 Å². The molecule has 5 heteroatoms. The van der Waals surface area contributed by atoms with Crippen molar-refractivity contribution in [2.24, 2.45) is 0 Å². The van der Waals surface area contributed by atoms with Crippen molar-refractivity contribution in [3.8, 4) is 0 Å². The molecule has 0 aliphatic heterocycles. The smallest absolute Gasteiger partial charge is 0.123 e. The summed E-state index contributed by atoms with van der Waals surface area (Å²) >= 11 is 11.0. The largest absolute Gasteiger partial charge is 0.370 e. The number of rotatable bonds is 4. The molecule has 0 radical (unpaired) electrons. The van der Waals surface area contributed by atoms with Gasteiger partial charge in [0.1, 0.15) is 5.82 Å². The zero-order valence-electron chi connectivity index (χ0n) is 9.79. The van der Waals surface area contributed by atoms with Crippen molar-refractivity contribution in [1.29, 1.82) is 0 Å². The van der Waals surface area contributed by atoms with E-state index in [1.807, 2.05) is 7.05 Å². The summed E-state index contributed by atoms with van der Waals surface area (Å²) in [7, 11) is 1.98. The van der Waals surface area contributed by atoms with Gasteiger partial charge in [-0.05, 0) is 56.7 Å². The lowest BCUT2D eigenvalue weighted by Crippen LogP contribution is -2.17. The van der Waals surface area contributed by atoms with Crippen LogP contribution in [0.4, 0.5) is 10.1 Å². The van der Waals surface area contributed by atoms with Gasteiger partial charge in [-0.3, -0.25) is 0 Å². The molecule has 0 unspecified atom stereocenters. The molecule has 1 heterocycles. The van der Waals surface area contributed by atoms with Crippen LogP contribution < -0.4 is 4.90 Å². The second-order valence-electron chi connectivity index (χ2n) is 4.02. The Morgan fingerprint density at radius 1 is 1.39 bits per heavy atom. The standard InChI is InChI=1S/C13H12BrClFNS/c1-17(7-9-4-13(14)18-8-9)12-3-2-11(16)5-10(12)6-15/h2-5,8H,6-7H2,1H3. The van der Waals surface area contributed by atoms with Crippen LogP contribution in [0.25, 0.3) is 0 Å². The first-order valence-electron chi connectivity index (χ1n) is 5.38. The second-order valence-corrected chi connectivity index (χ2v) is 6.58.